The first-order chi connectivity index (χ1) is 23.9. The molecule has 1 unspecified atom stereocenters. The Hall–Kier alpha value is -3.01. The lowest BCUT2D eigenvalue weighted by Gasteiger charge is -2.49. The molecule has 3 heterocycles. The monoisotopic (exact) mass is 721 g/mol. The Balaban J connectivity index is 1.29. The van der Waals surface area contributed by atoms with Crippen molar-refractivity contribution in [3.05, 3.63) is 70.3 Å². The van der Waals surface area contributed by atoms with Gasteiger partial charge in [0.2, 0.25) is 5.91 Å². The van der Waals surface area contributed by atoms with Crippen molar-refractivity contribution in [3.63, 3.8) is 0 Å². The molecule has 2 aromatic rings. The number of piperidine rings is 1. The topological polar surface area (TPSA) is 99.2 Å². The first-order valence-electron chi connectivity index (χ1n) is 18.5. The Labute approximate surface area is 302 Å². The molecule has 1 saturated carbocycles. The molecule has 7 rings (SSSR count). The number of likely N-dealkylation sites (tertiary alicyclic amines) is 1. The fraction of sp³-hybridized carbons (Fsp3) is 0.575. The predicted molar refractivity (Wildman–Crippen MR) is 202 cm³/mol. The number of anilines is 1. The van der Waals surface area contributed by atoms with Gasteiger partial charge in [-0.2, -0.15) is 0 Å². The van der Waals surface area contributed by atoms with E-state index in [9.17, 15) is 18.9 Å². The Morgan fingerprint density at radius 3 is 2.68 bits per heavy atom. The minimum absolute atomic E-state index is 0.0106. The van der Waals surface area contributed by atoms with Gasteiger partial charge in [-0.25, -0.2) is 4.21 Å². The summed E-state index contributed by atoms with van der Waals surface area (Å²) in [5, 5.41) is 12.9. The number of benzene rings is 2. The molecule has 1 spiro atoms. The Morgan fingerprint density at radius 2 is 1.92 bits per heavy atom. The zero-order chi connectivity index (χ0) is 35.3. The van der Waals surface area contributed by atoms with E-state index in [1.807, 2.05) is 49.1 Å². The van der Waals surface area contributed by atoms with E-state index in [1.165, 1.54) is 11.1 Å². The highest BCUT2D eigenvalue weighted by atomic mass is 35.5. The maximum atomic E-state index is 13.9. The fourth-order valence-electron chi connectivity index (χ4n) is 9.16. The van der Waals surface area contributed by atoms with E-state index in [1.54, 1.807) is 6.07 Å². The number of hydrogen-bond donors (Lipinski definition) is 2. The van der Waals surface area contributed by atoms with Crippen LogP contribution in [0.25, 0.3) is 0 Å². The smallest absolute Gasteiger partial charge is 0.262 e. The number of allylic oxidation sites excluding steroid dienone is 1. The molecule has 5 aliphatic rings. The maximum Gasteiger partial charge on any atom is 0.262 e. The van der Waals surface area contributed by atoms with Crippen molar-refractivity contribution < 1.29 is 23.6 Å². The number of rotatable bonds is 2. The van der Waals surface area contributed by atoms with E-state index in [4.69, 9.17) is 16.3 Å². The molecule has 7 atom stereocenters. The fourth-order valence-corrected chi connectivity index (χ4v) is 10.8. The summed E-state index contributed by atoms with van der Waals surface area (Å²) >= 11 is 6.47. The number of aryl methyl sites for hydroxylation is 1. The highest BCUT2D eigenvalue weighted by molar-refractivity contribution is 7.99. The molecule has 270 valence electrons. The molecule has 0 aromatic heterocycles. The molecular formula is C40H52ClN3O5S. The molecular weight excluding hydrogens is 670 g/mol. The van der Waals surface area contributed by atoms with Crippen molar-refractivity contribution in [2.75, 3.05) is 37.7 Å². The molecule has 50 heavy (non-hydrogen) atoms. The normalized spacial score (nSPS) is 35.1. The van der Waals surface area contributed by atoms with Crippen LogP contribution in [0, 0.1) is 17.8 Å². The van der Waals surface area contributed by atoms with Gasteiger partial charge in [-0.05, 0) is 130 Å². The van der Waals surface area contributed by atoms with Gasteiger partial charge in [-0.3, -0.25) is 14.3 Å². The summed E-state index contributed by atoms with van der Waals surface area (Å²) in [7, 11) is -3.02. The van der Waals surface area contributed by atoms with Crippen LogP contribution in [0.2, 0.25) is 5.02 Å². The van der Waals surface area contributed by atoms with Crippen LogP contribution in [-0.4, -0.2) is 75.5 Å². The second kappa shape index (κ2) is 13.8. The lowest BCUT2D eigenvalue weighted by molar-refractivity contribution is -0.140. The average Bonchev–Trinajstić information content (AvgIpc) is 3.22. The van der Waals surface area contributed by atoms with E-state index in [2.05, 4.69) is 27.6 Å². The van der Waals surface area contributed by atoms with Crippen LogP contribution in [0.4, 0.5) is 5.69 Å². The number of carbonyl (C=O) groups excluding carboxylic acids is 2. The average molecular weight is 722 g/mol. The Bertz CT molecular complexity index is 1770. The Morgan fingerprint density at radius 1 is 1.12 bits per heavy atom. The third kappa shape index (κ3) is 6.82. The first kappa shape index (κ1) is 35.4. The van der Waals surface area contributed by atoms with Crippen LogP contribution in [0.5, 0.6) is 5.75 Å². The number of carbonyl (C=O) groups is 2. The van der Waals surface area contributed by atoms with Crippen LogP contribution in [0.15, 0.2) is 48.6 Å². The lowest BCUT2D eigenvalue weighted by atomic mass is 9.63. The number of nitrogens with one attached hydrogen (secondary N) is 1. The predicted octanol–water partition coefficient (Wildman–Crippen LogP) is 6.32. The van der Waals surface area contributed by atoms with Crippen molar-refractivity contribution in [1.82, 2.24) is 9.62 Å². The zero-order valence-corrected chi connectivity index (χ0v) is 31.1. The van der Waals surface area contributed by atoms with Crippen molar-refractivity contribution in [1.29, 1.82) is 0 Å². The summed E-state index contributed by atoms with van der Waals surface area (Å²) in [6.45, 7) is 7.13. The minimum Gasteiger partial charge on any atom is -0.490 e. The van der Waals surface area contributed by atoms with Gasteiger partial charge in [0, 0.05) is 47.4 Å². The lowest BCUT2D eigenvalue weighted by Crippen LogP contribution is -2.54. The summed E-state index contributed by atoms with van der Waals surface area (Å²) in [5.41, 5.74) is 2.11. The molecule has 2 bridgehead atoms. The highest BCUT2D eigenvalue weighted by Crippen LogP contribution is 2.49. The molecule has 8 nitrogen and oxygen atoms in total. The van der Waals surface area contributed by atoms with Gasteiger partial charge in [-0.15, -0.1) is 0 Å². The molecule has 2 aliphatic carbocycles. The molecule has 2 fully saturated rings. The number of nitrogens with zero attached hydrogens (tertiary/aromatic N) is 2. The van der Waals surface area contributed by atoms with Crippen LogP contribution in [0.3, 0.4) is 0 Å². The van der Waals surface area contributed by atoms with Gasteiger partial charge in [0.15, 0.2) is 0 Å². The van der Waals surface area contributed by atoms with Gasteiger partial charge >= 0.3 is 0 Å². The zero-order valence-electron chi connectivity index (χ0n) is 29.5. The summed E-state index contributed by atoms with van der Waals surface area (Å²) in [6.07, 6.45) is 12.2. The van der Waals surface area contributed by atoms with E-state index in [0.29, 0.717) is 37.4 Å². The maximum absolute atomic E-state index is 13.9. The van der Waals surface area contributed by atoms with Crippen LogP contribution in [-0.2, 0) is 26.3 Å². The summed E-state index contributed by atoms with van der Waals surface area (Å²) in [6, 6.07) is 11.7. The van der Waals surface area contributed by atoms with Crippen LogP contribution in [0.1, 0.15) is 93.1 Å². The summed E-state index contributed by atoms with van der Waals surface area (Å²) < 4.78 is 23.3. The minimum atomic E-state index is -3.02. The molecule has 2 aromatic carbocycles. The van der Waals surface area contributed by atoms with E-state index >= 15 is 0 Å². The SMILES string of the molecule is C=S1(=O)NC(=O)c2ccc3c(c2)N(C[C@@H]2CC[C@H]2[C@@](O)(CC(=O)N2CCCCC2)/C=C/C[C@H](C)[C@H]1C)C[C@@]1(CCCc2cc(Cl)ccc21)CO3. The second-order valence-electron chi connectivity index (χ2n) is 15.8. The van der Waals surface area contributed by atoms with Crippen LogP contribution < -0.4 is 14.4 Å². The van der Waals surface area contributed by atoms with Crippen molar-refractivity contribution in [2.24, 2.45) is 17.8 Å². The summed E-state index contributed by atoms with van der Waals surface area (Å²) in [5.74, 6) is 4.20. The highest BCUT2D eigenvalue weighted by Gasteiger charge is 2.49. The van der Waals surface area contributed by atoms with Gasteiger partial charge in [0.05, 0.1) is 34.0 Å². The van der Waals surface area contributed by atoms with Gasteiger partial charge < -0.3 is 19.6 Å². The number of hydrogen-bond acceptors (Lipinski definition) is 6. The molecule has 1 saturated heterocycles. The van der Waals surface area contributed by atoms with Gasteiger partial charge in [-0.1, -0.05) is 36.7 Å². The molecule has 0 radical (unpaired) electrons. The quantitative estimate of drug-likeness (QED) is 0.279. The second-order valence-corrected chi connectivity index (χ2v) is 18.7. The van der Waals surface area contributed by atoms with E-state index in [0.717, 1.165) is 75.2 Å². The number of aliphatic hydroxyl groups is 1. The van der Waals surface area contributed by atoms with E-state index in [-0.39, 0.29) is 35.5 Å². The number of ether oxygens (including phenoxy) is 1. The number of fused-ring (bicyclic) bond motifs is 4. The number of amides is 2. The summed E-state index contributed by atoms with van der Waals surface area (Å²) in [4.78, 5) is 31.7. The molecule has 2 amide bonds. The molecule has 10 heteroatoms. The molecule has 2 N–H and O–H groups in total. The van der Waals surface area contributed by atoms with Crippen molar-refractivity contribution >= 4 is 44.7 Å². The van der Waals surface area contributed by atoms with Crippen molar-refractivity contribution in [3.8, 4) is 5.75 Å². The number of halogens is 1. The van der Waals surface area contributed by atoms with Gasteiger partial charge in [0.1, 0.15) is 5.75 Å². The van der Waals surface area contributed by atoms with E-state index < -0.39 is 26.5 Å². The largest absolute Gasteiger partial charge is 0.490 e. The van der Waals surface area contributed by atoms with Crippen molar-refractivity contribution in [2.45, 2.75) is 94.3 Å². The first-order valence-corrected chi connectivity index (χ1v) is 20.7. The van der Waals surface area contributed by atoms with Gasteiger partial charge in [0.25, 0.3) is 5.91 Å². The van der Waals surface area contributed by atoms with Crippen LogP contribution >= 0.6 is 11.6 Å². The standard InChI is InChI=1S/C40H52ClN3O5S/c1-27-9-7-18-40(47,23-37(45)43-19-5-4-6-20-43)34-14-11-31(34)24-44-25-39(17-8-10-29-21-32(41)13-15-33(29)39)26-49-36-16-12-30(22-35(36)44)38(46)42-50(3,48)28(27)2/h7,12-13,15-16,18,21-22,27-28,31,34,47H,3-6,8-11,14,17,19-20,23-26H2,1-2H3,(H,42,46,48)/b18-7+/t27-,28+,31-,34+,39-,40-,50?/m0/s1. The Kier molecular flexibility index (Phi) is 9.80. The third-order valence-electron chi connectivity index (χ3n) is 12.5. The molecule has 3 aliphatic heterocycles. The third-order valence-corrected chi connectivity index (χ3v) is 15.0.